The molecule has 2 aromatic rings. The van der Waals surface area contributed by atoms with Gasteiger partial charge in [-0.05, 0) is 31.4 Å². The first-order valence-corrected chi connectivity index (χ1v) is 6.89. The molecule has 1 aromatic carbocycles. The Kier molecular flexibility index (Phi) is 3.25. The third-order valence-electron chi connectivity index (χ3n) is 3.94. The van der Waals surface area contributed by atoms with E-state index in [0.29, 0.717) is 23.4 Å². The molecule has 3 rings (SSSR count). The molecular weight excluding hydrogens is 240 g/mol. The third kappa shape index (κ3) is 2.36. The van der Waals surface area contributed by atoms with Gasteiger partial charge in [0.05, 0.1) is 18.8 Å². The predicted octanol–water partition coefficient (Wildman–Crippen LogP) is 0.944. The van der Waals surface area contributed by atoms with Gasteiger partial charge in [0, 0.05) is 5.39 Å². The molecule has 1 saturated heterocycles. The number of rotatable bonds is 2. The highest BCUT2D eigenvalue weighted by Gasteiger charge is 2.19. The monoisotopic (exact) mass is 259 g/mol. The van der Waals surface area contributed by atoms with Gasteiger partial charge in [0.25, 0.3) is 0 Å². The molecule has 1 aliphatic rings. The van der Waals surface area contributed by atoms with E-state index in [1.165, 1.54) is 24.2 Å². The van der Waals surface area contributed by atoms with Crippen molar-refractivity contribution in [1.82, 2.24) is 0 Å². The lowest BCUT2D eigenvalue weighted by Crippen LogP contribution is -3.11. The number of para-hydroxylation sites is 1. The van der Waals surface area contributed by atoms with E-state index in [-0.39, 0.29) is 5.63 Å². The first-order chi connectivity index (χ1) is 9.25. The van der Waals surface area contributed by atoms with Crippen molar-refractivity contribution < 1.29 is 9.32 Å². The molecular formula is C15H19N2O2+. The van der Waals surface area contributed by atoms with Gasteiger partial charge in [0.15, 0.2) is 0 Å². The van der Waals surface area contributed by atoms with Crippen molar-refractivity contribution in [3.63, 3.8) is 0 Å². The van der Waals surface area contributed by atoms with Crippen molar-refractivity contribution in [3.8, 4) is 0 Å². The van der Waals surface area contributed by atoms with Crippen LogP contribution in [0.5, 0.6) is 0 Å². The molecule has 1 aromatic heterocycles. The highest BCUT2D eigenvalue weighted by molar-refractivity contribution is 5.89. The van der Waals surface area contributed by atoms with Crippen LogP contribution in [0, 0.1) is 0 Å². The first kappa shape index (κ1) is 12.2. The van der Waals surface area contributed by atoms with Crippen molar-refractivity contribution in [3.05, 3.63) is 40.2 Å². The van der Waals surface area contributed by atoms with Gasteiger partial charge in [-0.15, -0.1) is 0 Å². The zero-order valence-electron chi connectivity index (χ0n) is 10.9. The van der Waals surface area contributed by atoms with Crippen LogP contribution in [-0.4, -0.2) is 13.1 Å². The molecule has 0 amide bonds. The Morgan fingerprint density at radius 3 is 2.68 bits per heavy atom. The largest absolute Gasteiger partial charge is 0.422 e. The van der Waals surface area contributed by atoms with Crippen LogP contribution in [0.2, 0.25) is 0 Å². The fraction of sp³-hybridized carbons (Fsp3) is 0.400. The fourth-order valence-electron chi connectivity index (χ4n) is 2.86. The van der Waals surface area contributed by atoms with Gasteiger partial charge in [-0.3, -0.25) is 0 Å². The highest BCUT2D eigenvalue weighted by atomic mass is 16.4. The van der Waals surface area contributed by atoms with Crippen LogP contribution >= 0.6 is 0 Å². The average Bonchev–Trinajstić information content (AvgIpc) is 2.45. The number of nitrogens with one attached hydrogen (secondary N) is 1. The molecule has 19 heavy (non-hydrogen) atoms. The summed E-state index contributed by atoms with van der Waals surface area (Å²) in [6.07, 6.45) is 3.76. The van der Waals surface area contributed by atoms with Crippen LogP contribution in [0.4, 0.5) is 5.69 Å². The second-order valence-corrected chi connectivity index (χ2v) is 5.27. The molecule has 0 atom stereocenters. The number of likely N-dealkylation sites (tertiary alicyclic amines) is 1. The molecule has 0 radical (unpaired) electrons. The Morgan fingerprint density at radius 1 is 1.16 bits per heavy atom. The molecule has 1 fully saturated rings. The van der Waals surface area contributed by atoms with Crippen LogP contribution in [0.1, 0.15) is 24.8 Å². The predicted molar refractivity (Wildman–Crippen MR) is 75.1 cm³/mol. The van der Waals surface area contributed by atoms with Crippen LogP contribution in [0.15, 0.2) is 33.5 Å². The van der Waals surface area contributed by atoms with Gasteiger partial charge in [0.2, 0.25) is 0 Å². The summed E-state index contributed by atoms with van der Waals surface area (Å²) in [5, 5.41) is 0.841. The average molecular weight is 259 g/mol. The van der Waals surface area contributed by atoms with Gasteiger partial charge in [-0.1, -0.05) is 12.1 Å². The number of piperidine rings is 1. The van der Waals surface area contributed by atoms with Gasteiger partial charge in [-0.25, -0.2) is 4.79 Å². The summed E-state index contributed by atoms with van der Waals surface area (Å²) in [5.41, 5.74) is 7.67. The molecule has 0 saturated carbocycles. The summed E-state index contributed by atoms with van der Waals surface area (Å²) in [4.78, 5) is 13.5. The summed E-state index contributed by atoms with van der Waals surface area (Å²) in [5.74, 6) is 0. The number of quaternary nitrogens is 1. The molecule has 2 heterocycles. The number of benzene rings is 1. The molecule has 0 spiro atoms. The molecule has 100 valence electrons. The van der Waals surface area contributed by atoms with Crippen LogP contribution < -0.4 is 16.3 Å². The molecule has 3 N–H and O–H groups in total. The quantitative estimate of drug-likeness (QED) is 0.789. The lowest BCUT2D eigenvalue weighted by molar-refractivity contribution is -0.918. The van der Waals surface area contributed by atoms with Crippen LogP contribution in [0.3, 0.4) is 0 Å². The van der Waals surface area contributed by atoms with Gasteiger partial charge in [-0.2, -0.15) is 0 Å². The molecule has 0 bridgehead atoms. The standard InChI is InChI=1S/C15H18N2O2/c16-14-11-6-2-3-7-13(11)19-15(18)12(14)10-17-8-4-1-5-9-17/h2-3,6-7H,1,4-5,8-10,16H2/p+1. The molecule has 1 aliphatic heterocycles. The van der Waals surface area contributed by atoms with Crippen molar-refractivity contribution >= 4 is 16.7 Å². The van der Waals surface area contributed by atoms with E-state index in [0.717, 1.165) is 18.5 Å². The summed E-state index contributed by atoms with van der Waals surface area (Å²) in [7, 11) is 0. The first-order valence-electron chi connectivity index (χ1n) is 6.89. The van der Waals surface area contributed by atoms with E-state index in [4.69, 9.17) is 10.2 Å². The van der Waals surface area contributed by atoms with E-state index in [1.54, 1.807) is 6.07 Å². The topological polar surface area (TPSA) is 60.7 Å². The van der Waals surface area contributed by atoms with Gasteiger partial charge in [0.1, 0.15) is 17.7 Å². The summed E-state index contributed by atoms with van der Waals surface area (Å²) < 4.78 is 5.37. The van der Waals surface area contributed by atoms with Crippen molar-refractivity contribution in [2.24, 2.45) is 0 Å². The minimum atomic E-state index is -0.283. The van der Waals surface area contributed by atoms with E-state index in [2.05, 4.69) is 0 Å². The number of hydrogen-bond donors (Lipinski definition) is 2. The smallest absolute Gasteiger partial charge is 0.347 e. The van der Waals surface area contributed by atoms with Crippen molar-refractivity contribution in [2.75, 3.05) is 18.8 Å². The van der Waals surface area contributed by atoms with E-state index in [9.17, 15) is 4.79 Å². The zero-order valence-corrected chi connectivity index (χ0v) is 10.9. The maximum absolute atomic E-state index is 12.1. The number of hydrogen-bond acceptors (Lipinski definition) is 3. The van der Waals surface area contributed by atoms with E-state index < -0.39 is 0 Å². The Morgan fingerprint density at radius 2 is 1.89 bits per heavy atom. The van der Waals surface area contributed by atoms with Crippen molar-refractivity contribution in [1.29, 1.82) is 0 Å². The Labute approximate surface area is 111 Å². The summed E-state index contributed by atoms with van der Waals surface area (Å²) in [6, 6.07) is 7.45. The van der Waals surface area contributed by atoms with E-state index >= 15 is 0 Å². The van der Waals surface area contributed by atoms with Gasteiger partial charge < -0.3 is 15.1 Å². The van der Waals surface area contributed by atoms with E-state index in [1.807, 2.05) is 18.2 Å². The molecule has 0 aliphatic carbocycles. The summed E-state index contributed by atoms with van der Waals surface area (Å²) in [6.45, 7) is 2.91. The zero-order chi connectivity index (χ0) is 13.2. The third-order valence-corrected chi connectivity index (χ3v) is 3.94. The number of nitrogens with two attached hydrogens (primary N) is 1. The summed E-state index contributed by atoms with van der Waals surface area (Å²) >= 11 is 0. The van der Waals surface area contributed by atoms with Crippen LogP contribution in [0.25, 0.3) is 11.0 Å². The van der Waals surface area contributed by atoms with Crippen molar-refractivity contribution in [2.45, 2.75) is 25.8 Å². The SMILES string of the molecule is Nc1c(C[NH+]2CCCCC2)c(=O)oc2ccccc12. The highest BCUT2D eigenvalue weighted by Crippen LogP contribution is 2.21. The minimum absolute atomic E-state index is 0.283. The molecule has 4 heteroatoms. The minimum Gasteiger partial charge on any atom is -0.422 e. The lowest BCUT2D eigenvalue weighted by Gasteiger charge is -2.23. The lowest BCUT2D eigenvalue weighted by atomic mass is 10.1. The van der Waals surface area contributed by atoms with Crippen LogP contribution in [-0.2, 0) is 6.54 Å². The fourth-order valence-corrected chi connectivity index (χ4v) is 2.86. The number of anilines is 1. The second kappa shape index (κ2) is 5.05. The second-order valence-electron chi connectivity index (χ2n) is 5.27. The Hall–Kier alpha value is -1.81. The molecule has 4 nitrogen and oxygen atoms in total. The Balaban J connectivity index is 2.00. The normalized spacial score (nSPS) is 16.8. The maximum atomic E-state index is 12.1. The number of fused-ring (bicyclic) bond motifs is 1. The maximum Gasteiger partial charge on any atom is 0.347 e. The number of nitrogen functional groups attached to an aromatic ring is 1. The van der Waals surface area contributed by atoms with Gasteiger partial charge >= 0.3 is 5.63 Å². The Bertz CT molecular complexity index is 642. The molecule has 0 unspecified atom stereocenters.